The monoisotopic (exact) mass is 412 g/mol. The normalized spacial score (nSPS) is 20.8. The number of nitrogens with zero attached hydrogens (tertiary/aromatic N) is 4. The quantitative estimate of drug-likeness (QED) is 0.822. The number of carbonyl (C=O) groups excluding carboxylic acids is 1. The maximum Gasteiger partial charge on any atom is 0.254 e. The highest BCUT2D eigenvalue weighted by Crippen LogP contribution is 2.41. The molecule has 2 fully saturated rings. The first-order valence-corrected chi connectivity index (χ1v) is 10.2. The first-order chi connectivity index (χ1) is 14.5. The lowest BCUT2D eigenvalue weighted by Crippen LogP contribution is -2.54. The number of rotatable bonds is 4. The van der Waals surface area contributed by atoms with Crippen LogP contribution in [0.5, 0.6) is 11.5 Å². The zero-order valence-corrected chi connectivity index (χ0v) is 17.5. The smallest absolute Gasteiger partial charge is 0.254 e. The summed E-state index contributed by atoms with van der Waals surface area (Å²) in [6, 6.07) is 5.25. The Kier molecular flexibility index (Phi) is 5.76. The maximum atomic E-state index is 13.1. The number of aromatic nitrogens is 2. The van der Waals surface area contributed by atoms with E-state index in [2.05, 4.69) is 14.9 Å². The number of benzene rings is 1. The second kappa shape index (κ2) is 8.47. The Hall–Kier alpha value is -2.87. The van der Waals surface area contributed by atoms with Crippen molar-refractivity contribution in [1.82, 2.24) is 14.9 Å². The molecule has 2 saturated heterocycles. The Balaban J connectivity index is 1.46. The van der Waals surface area contributed by atoms with Gasteiger partial charge < -0.3 is 24.4 Å². The third-order valence-electron chi connectivity index (χ3n) is 6.21. The van der Waals surface area contributed by atoms with Crippen molar-refractivity contribution < 1.29 is 19.4 Å². The molecule has 0 bridgehead atoms. The molecule has 8 heteroatoms. The Morgan fingerprint density at radius 3 is 2.43 bits per heavy atom. The second-order valence-corrected chi connectivity index (χ2v) is 8.20. The molecule has 1 aromatic heterocycles. The van der Waals surface area contributed by atoms with Gasteiger partial charge in [0.2, 0.25) is 0 Å². The van der Waals surface area contributed by atoms with E-state index in [0.717, 1.165) is 31.6 Å². The summed E-state index contributed by atoms with van der Waals surface area (Å²) in [5.74, 6) is 1.96. The summed E-state index contributed by atoms with van der Waals surface area (Å²) in [5, 5.41) is 10.5. The molecule has 2 aliphatic heterocycles. The molecule has 0 radical (unpaired) electrons. The Morgan fingerprint density at radius 2 is 1.83 bits per heavy atom. The number of likely N-dealkylation sites (tertiary alicyclic amines) is 1. The van der Waals surface area contributed by atoms with Crippen LogP contribution in [0.15, 0.2) is 36.8 Å². The number of methoxy groups -OCH3 is 2. The predicted molar refractivity (Wildman–Crippen MR) is 112 cm³/mol. The summed E-state index contributed by atoms with van der Waals surface area (Å²) in [5.41, 5.74) is 0.532. The van der Waals surface area contributed by atoms with Gasteiger partial charge in [0.25, 0.3) is 5.91 Å². The molecule has 1 amide bonds. The molecule has 3 heterocycles. The van der Waals surface area contributed by atoms with Gasteiger partial charge in [0.15, 0.2) is 0 Å². The van der Waals surface area contributed by atoms with E-state index in [1.807, 2.05) is 4.90 Å². The molecule has 1 unspecified atom stereocenters. The molecule has 8 nitrogen and oxygen atoms in total. The van der Waals surface area contributed by atoms with Gasteiger partial charge in [-0.1, -0.05) is 0 Å². The highest BCUT2D eigenvalue weighted by atomic mass is 16.5. The van der Waals surface area contributed by atoms with Crippen LogP contribution in [0.1, 0.15) is 29.6 Å². The van der Waals surface area contributed by atoms with Gasteiger partial charge in [-0.05, 0) is 36.8 Å². The SMILES string of the molecule is COc1cc(OC)cc(C(=O)N2CCC3(CC2)CC(O)CN(c2cnccn2)C3)c1. The minimum absolute atomic E-state index is 0.0239. The summed E-state index contributed by atoms with van der Waals surface area (Å²) in [6.45, 7) is 2.68. The summed E-state index contributed by atoms with van der Waals surface area (Å²) in [4.78, 5) is 25.6. The highest BCUT2D eigenvalue weighted by Gasteiger charge is 2.42. The molecule has 4 rings (SSSR count). The average molecular weight is 412 g/mol. The first kappa shape index (κ1) is 20.4. The van der Waals surface area contributed by atoms with E-state index in [1.165, 1.54) is 0 Å². The summed E-state index contributed by atoms with van der Waals surface area (Å²) in [6.07, 6.45) is 7.08. The van der Waals surface area contributed by atoms with Gasteiger partial charge in [-0.3, -0.25) is 9.78 Å². The van der Waals surface area contributed by atoms with Crippen molar-refractivity contribution in [2.75, 3.05) is 45.3 Å². The molecule has 30 heavy (non-hydrogen) atoms. The molecule has 1 spiro atoms. The van der Waals surface area contributed by atoms with Crippen molar-refractivity contribution in [2.24, 2.45) is 5.41 Å². The number of β-amino-alcohol motifs (C(OH)–C–C–N with tert-alkyl or cyclic N) is 1. The van der Waals surface area contributed by atoms with Gasteiger partial charge in [-0.25, -0.2) is 4.98 Å². The van der Waals surface area contributed by atoms with Crippen LogP contribution in [0, 0.1) is 5.41 Å². The molecule has 1 aromatic carbocycles. The fourth-order valence-electron chi connectivity index (χ4n) is 4.64. The molecule has 2 aromatic rings. The van der Waals surface area contributed by atoms with Gasteiger partial charge in [0.1, 0.15) is 17.3 Å². The van der Waals surface area contributed by atoms with Crippen LogP contribution in [0.3, 0.4) is 0 Å². The van der Waals surface area contributed by atoms with Gasteiger partial charge in [0.05, 0.1) is 26.5 Å². The standard InChI is InChI=1S/C22H28N4O4/c1-29-18-9-16(10-19(11-18)30-2)21(28)25-7-3-22(4-8-25)12-17(27)14-26(15-22)20-13-23-5-6-24-20/h5-6,9-11,13,17,27H,3-4,7-8,12,14-15H2,1-2H3. The van der Waals surface area contributed by atoms with E-state index in [1.54, 1.807) is 51.0 Å². The Labute approximate surface area is 176 Å². The van der Waals surface area contributed by atoms with Crippen LogP contribution in [-0.2, 0) is 0 Å². The number of piperidine rings is 2. The van der Waals surface area contributed by atoms with Crippen LogP contribution in [0.4, 0.5) is 5.82 Å². The molecular formula is C22H28N4O4. The molecule has 1 atom stereocenters. The predicted octanol–water partition coefficient (Wildman–Crippen LogP) is 1.99. The summed E-state index contributed by atoms with van der Waals surface area (Å²) in [7, 11) is 3.15. The van der Waals surface area contributed by atoms with Crippen LogP contribution in [0.25, 0.3) is 0 Å². The third kappa shape index (κ3) is 4.18. The number of anilines is 1. The number of ether oxygens (including phenoxy) is 2. The van der Waals surface area contributed by atoms with Crippen molar-refractivity contribution in [3.8, 4) is 11.5 Å². The summed E-state index contributed by atoms with van der Waals surface area (Å²) >= 11 is 0. The number of hydrogen-bond acceptors (Lipinski definition) is 7. The zero-order chi connectivity index (χ0) is 21.1. The molecule has 160 valence electrons. The Morgan fingerprint density at radius 1 is 1.13 bits per heavy atom. The fraction of sp³-hybridized carbons (Fsp3) is 0.500. The zero-order valence-electron chi connectivity index (χ0n) is 17.5. The van der Waals surface area contributed by atoms with E-state index in [9.17, 15) is 9.90 Å². The fourth-order valence-corrected chi connectivity index (χ4v) is 4.64. The van der Waals surface area contributed by atoms with Crippen molar-refractivity contribution >= 4 is 11.7 Å². The molecular weight excluding hydrogens is 384 g/mol. The topological polar surface area (TPSA) is 88.0 Å². The molecule has 2 aliphatic rings. The van der Waals surface area contributed by atoms with Crippen molar-refractivity contribution in [1.29, 1.82) is 0 Å². The lowest BCUT2D eigenvalue weighted by atomic mass is 9.71. The number of aliphatic hydroxyl groups is 1. The number of carbonyl (C=O) groups is 1. The number of aliphatic hydroxyl groups excluding tert-OH is 1. The van der Waals surface area contributed by atoms with E-state index < -0.39 is 6.10 Å². The average Bonchev–Trinajstić information content (AvgIpc) is 2.78. The van der Waals surface area contributed by atoms with E-state index in [4.69, 9.17) is 9.47 Å². The maximum absolute atomic E-state index is 13.1. The minimum atomic E-state index is -0.411. The largest absolute Gasteiger partial charge is 0.497 e. The van der Waals surface area contributed by atoms with Crippen molar-refractivity contribution in [3.63, 3.8) is 0 Å². The van der Waals surface area contributed by atoms with Gasteiger partial charge in [0, 0.05) is 50.2 Å². The Bertz CT molecular complexity index is 862. The van der Waals surface area contributed by atoms with E-state index >= 15 is 0 Å². The lowest BCUT2D eigenvalue weighted by Gasteiger charge is -2.49. The molecule has 1 N–H and O–H groups in total. The van der Waals surface area contributed by atoms with Crippen LogP contribution >= 0.6 is 0 Å². The van der Waals surface area contributed by atoms with Crippen LogP contribution in [0.2, 0.25) is 0 Å². The van der Waals surface area contributed by atoms with Gasteiger partial charge in [-0.15, -0.1) is 0 Å². The van der Waals surface area contributed by atoms with Gasteiger partial charge >= 0.3 is 0 Å². The summed E-state index contributed by atoms with van der Waals surface area (Å²) < 4.78 is 10.6. The number of hydrogen-bond donors (Lipinski definition) is 1. The van der Waals surface area contributed by atoms with Crippen molar-refractivity contribution in [3.05, 3.63) is 42.4 Å². The third-order valence-corrected chi connectivity index (χ3v) is 6.21. The van der Waals surface area contributed by atoms with E-state index in [-0.39, 0.29) is 11.3 Å². The van der Waals surface area contributed by atoms with E-state index in [0.29, 0.717) is 36.7 Å². The number of amides is 1. The first-order valence-electron chi connectivity index (χ1n) is 10.2. The van der Waals surface area contributed by atoms with Crippen molar-refractivity contribution in [2.45, 2.75) is 25.4 Å². The van der Waals surface area contributed by atoms with Crippen LogP contribution in [-0.4, -0.2) is 72.4 Å². The lowest BCUT2D eigenvalue weighted by molar-refractivity contribution is 0.0246. The molecule has 0 aliphatic carbocycles. The second-order valence-electron chi connectivity index (χ2n) is 8.20. The van der Waals surface area contributed by atoms with Crippen LogP contribution < -0.4 is 14.4 Å². The molecule has 0 saturated carbocycles. The minimum Gasteiger partial charge on any atom is -0.497 e. The van der Waals surface area contributed by atoms with Gasteiger partial charge in [-0.2, -0.15) is 0 Å². The highest BCUT2D eigenvalue weighted by molar-refractivity contribution is 5.95.